The zero-order valence-corrected chi connectivity index (χ0v) is 13.0. The second kappa shape index (κ2) is 6.30. The summed E-state index contributed by atoms with van der Waals surface area (Å²) in [5.74, 6) is 0.998. The van der Waals surface area contributed by atoms with Crippen LogP contribution >= 0.6 is 15.9 Å². The Labute approximate surface area is 131 Å². The average molecular weight is 350 g/mol. The fourth-order valence-corrected chi connectivity index (χ4v) is 2.91. The molecule has 2 heterocycles. The molecule has 0 bridgehead atoms. The first-order chi connectivity index (χ1) is 10.2. The van der Waals surface area contributed by atoms with Crippen LogP contribution in [0.4, 0.5) is 4.79 Å². The molecule has 1 amide bonds. The molecular formula is C15H16BrN3O2. The molecule has 1 N–H and O–H groups in total. The lowest BCUT2D eigenvalue weighted by molar-refractivity contribution is 0.138. The standard InChI is InChI=1S/C15H16BrN3O2/c16-12-3-1-2-4-14(12)21-15(20)19-7-5-11(6-8-19)13-9-17-10-18-13/h1-4,9-11H,5-8H2,(H,17,18). The molecule has 3 rings (SSSR count). The molecule has 6 heteroatoms. The van der Waals surface area contributed by atoms with Gasteiger partial charge in [0.1, 0.15) is 5.75 Å². The van der Waals surface area contributed by atoms with Crippen molar-refractivity contribution in [1.82, 2.24) is 14.9 Å². The van der Waals surface area contributed by atoms with E-state index < -0.39 is 0 Å². The van der Waals surface area contributed by atoms with Crippen LogP contribution in [0.1, 0.15) is 24.5 Å². The number of hydrogen-bond acceptors (Lipinski definition) is 3. The Hall–Kier alpha value is -1.82. The van der Waals surface area contributed by atoms with E-state index in [-0.39, 0.29) is 6.09 Å². The van der Waals surface area contributed by atoms with Crippen molar-refractivity contribution in [2.24, 2.45) is 0 Å². The van der Waals surface area contributed by atoms with Gasteiger partial charge < -0.3 is 14.6 Å². The van der Waals surface area contributed by atoms with Gasteiger partial charge in [0.05, 0.1) is 10.8 Å². The van der Waals surface area contributed by atoms with Gasteiger partial charge in [0.2, 0.25) is 0 Å². The van der Waals surface area contributed by atoms with Crippen molar-refractivity contribution in [1.29, 1.82) is 0 Å². The maximum atomic E-state index is 12.2. The lowest BCUT2D eigenvalue weighted by atomic mass is 9.94. The number of likely N-dealkylation sites (tertiary alicyclic amines) is 1. The summed E-state index contributed by atoms with van der Waals surface area (Å²) in [7, 11) is 0. The van der Waals surface area contributed by atoms with Crippen LogP contribution in [0.25, 0.3) is 0 Å². The largest absolute Gasteiger partial charge is 0.415 e. The van der Waals surface area contributed by atoms with Gasteiger partial charge in [-0.15, -0.1) is 0 Å². The summed E-state index contributed by atoms with van der Waals surface area (Å²) in [6.07, 6.45) is 5.12. The quantitative estimate of drug-likeness (QED) is 0.901. The number of H-pyrrole nitrogens is 1. The number of imidazole rings is 1. The molecule has 0 spiro atoms. The first kappa shape index (κ1) is 14.1. The highest BCUT2D eigenvalue weighted by atomic mass is 79.9. The first-order valence-electron chi connectivity index (χ1n) is 6.93. The number of para-hydroxylation sites is 1. The zero-order chi connectivity index (χ0) is 14.7. The molecule has 21 heavy (non-hydrogen) atoms. The maximum Gasteiger partial charge on any atom is 0.415 e. The Balaban J connectivity index is 1.57. The highest BCUT2D eigenvalue weighted by Gasteiger charge is 2.25. The van der Waals surface area contributed by atoms with E-state index >= 15 is 0 Å². The number of amides is 1. The number of aromatic amines is 1. The Morgan fingerprint density at radius 3 is 2.76 bits per heavy atom. The van der Waals surface area contributed by atoms with Crippen LogP contribution < -0.4 is 4.74 Å². The van der Waals surface area contributed by atoms with Gasteiger partial charge in [-0.05, 0) is 40.9 Å². The highest BCUT2D eigenvalue weighted by molar-refractivity contribution is 9.10. The number of benzene rings is 1. The van der Waals surface area contributed by atoms with Gasteiger partial charge >= 0.3 is 6.09 Å². The average Bonchev–Trinajstić information content (AvgIpc) is 3.04. The highest BCUT2D eigenvalue weighted by Crippen LogP contribution is 2.28. The molecule has 2 aromatic rings. The Morgan fingerprint density at radius 2 is 2.10 bits per heavy atom. The van der Waals surface area contributed by atoms with Crippen LogP contribution in [0.15, 0.2) is 41.3 Å². The molecule has 110 valence electrons. The van der Waals surface area contributed by atoms with Crippen molar-refractivity contribution in [3.63, 3.8) is 0 Å². The smallest absolute Gasteiger partial charge is 0.409 e. The number of halogens is 1. The van der Waals surface area contributed by atoms with Gasteiger partial charge in [-0.25, -0.2) is 9.78 Å². The summed E-state index contributed by atoms with van der Waals surface area (Å²) < 4.78 is 6.21. The third-order valence-corrected chi connectivity index (χ3v) is 4.40. The minimum atomic E-state index is -0.287. The van der Waals surface area contributed by atoms with E-state index in [0.29, 0.717) is 24.8 Å². The van der Waals surface area contributed by atoms with E-state index in [2.05, 4.69) is 25.9 Å². The number of carbonyl (C=O) groups is 1. The second-order valence-electron chi connectivity index (χ2n) is 5.07. The van der Waals surface area contributed by atoms with E-state index in [9.17, 15) is 4.79 Å². The minimum absolute atomic E-state index is 0.287. The molecule has 1 aromatic carbocycles. The van der Waals surface area contributed by atoms with Crippen molar-refractivity contribution >= 4 is 22.0 Å². The molecule has 5 nitrogen and oxygen atoms in total. The molecule has 1 aliphatic heterocycles. The summed E-state index contributed by atoms with van der Waals surface area (Å²) in [5, 5.41) is 0. The lowest BCUT2D eigenvalue weighted by Gasteiger charge is -2.30. The molecular weight excluding hydrogens is 334 g/mol. The lowest BCUT2D eigenvalue weighted by Crippen LogP contribution is -2.39. The normalized spacial score (nSPS) is 16.0. The SMILES string of the molecule is O=C(Oc1ccccc1Br)N1CCC(c2cnc[nH]2)CC1. The topological polar surface area (TPSA) is 58.2 Å². The van der Waals surface area contributed by atoms with Crippen molar-refractivity contribution in [3.05, 3.63) is 47.0 Å². The van der Waals surface area contributed by atoms with Gasteiger partial charge in [-0.2, -0.15) is 0 Å². The Kier molecular flexibility index (Phi) is 4.24. The summed E-state index contributed by atoms with van der Waals surface area (Å²) in [4.78, 5) is 21.1. The molecule has 0 atom stereocenters. The van der Waals surface area contributed by atoms with Gasteiger partial charge in [-0.3, -0.25) is 0 Å². The van der Waals surface area contributed by atoms with E-state index in [1.807, 2.05) is 24.4 Å². The van der Waals surface area contributed by atoms with Crippen LogP contribution in [-0.2, 0) is 0 Å². The molecule has 1 saturated heterocycles. The second-order valence-corrected chi connectivity index (χ2v) is 5.92. The number of nitrogens with zero attached hydrogens (tertiary/aromatic N) is 2. The summed E-state index contributed by atoms with van der Waals surface area (Å²) in [5.41, 5.74) is 1.15. The van der Waals surface area contributed by atoms with Crippen LogP contribution in [-0.4, -0.2) is 34.1 Å². The molecule has 0 radical (unpaired) electrons. The van der Waals surface area contributed by atoms with Crippen LogP contribution in [0, 0.1) is 0 Å². The van der Waals surface area contributed by atoms with E-state index in [1.54, 1.807) is 17.3 Å². The number of piperidine rings is 1. The van der Waals surface area contributed by atoms with Crippen molar-refractivity contribution in [3.8, 4) is 5.75 Å². The van der Waals surface area contributed by atoms with Crippen molar-refractivity contribution in [2.45, 2.75) is 18.8 Å². The molecule has 1 fully saturated rings. The molecule has 0 aliphatic carbocycles. The monoisotopic (exact) mass is 349 g/mol. The number of nitrogens with one attached hydrogen (secondary N) is 1. The number of ether oxygens (including phenoxy) is 1. The zero-order valence-electron chi connectivity index (χ0n) is 11.5. The van der Waals surface area contributed by atoms with Gasteiger partial charge in [0.25, 0.3) is 0 Å². The summed E-state index contributed by atoms with van der Waals surface area (Å²) in [6, 6.07) is 7.36. The number of hydrogen-bond donors (Lipinski definition) is 1. The fourth-order valence-electron chi connectivity index (χ4n) is 2.55. The van der Waals surface area contributed by atoms with Gasteiger partial charge in [0.15, 0.2) is 0 Å². The van der Waals surface area contributed by atoms with E-state index in [4.69, 9.17) is 4.74 Å². The third kappa shape index (κ3) is 3.26. The minimum Gasteiger partial charge on any atom is -0.409 e. The predicted octanol–water partition coefficient (Wildman–Crippen LogP) is 3.55. The van der Waals surface area contributed by atoms with Crippen molar-refractivity contribution < 1.29 is 9.53 Å². The van der Waals surface area contributed by atoms with E-state index in [0.717, 1.165) is 23.0 Å². The molecule has 0 unspecified atom stereocenters. The first-order valence-corrected chi connectivity index (χ1v) is 7.73. The van der Waals surface area contributed by atoms with Gasteiger partial charge in [0, 0.05) is 30.9 Å². The Morgan fingerprint density at radius 1 is 1.33 bits per heavy atom. The molecule has 0 saturated carbocycles. The van der Waals surface area contributed by atoms with Crippen molar-refractivity contribution in [2.75, 3.05) is 13.1 Å². The summed E-state index contributed by atoms with van der Waals surface area (Å²) >= 11 is 3.38. The number of rotatable bonds is 2. The fraction of sp³-hybridized carbons (Fsp3) is 0.333. The molecule has 1 aliphatic rings. The Bertz CT molecular complexity index is 607. The third-order valence-electron chi connectivity index (χ3n) is 3.75. The van der Waals surface area contributed by atoms with Crippen LogP contribution in [0.2, 0.25) is 0 Å². The van der Waals surface area contributed by atoms with Crippen LogP contribution in [0.5, 0.6) is 5.75 Å². The van der Waals surface area contributed by atoms with E-state index in [1.165, 1.54) is 0 Å². The number of aromatic nitrogens is 2. The van der Waals surface area contributed by atoms with Crippen LogP contribution in [0.3, 0.4) is 0 Å². The van der Waals surface area contributed by atoms with Gasteiger partial charge in [-0.1, -0.05) is 12.1 Å². The predicted molar refractivity (Wildman–Crippen MR) is 82.3 cm³/mol. The maximum absolute atomic E-state index is 12.2. The summed E-state index contributed by atoms with van der Waals surface area (Å²) in [6.45, 7) is 1.40. The number of carbonyl (C=O) groups excluding carboxylic acids is 1. The molecule has 1 aromatic heterocycles.